The van der Waals surface area contributed by atoms with Crippen LogP contribution in [0.15, 0.2) is 42.6 Å². The van der Waals surface area contributed by atoms with Crippen LogP contribution in [0.25, 0.3) is 0 Å². The molecule has 0 saturated carbocycles. The maximum Gasteiger partial charge on any atom is 0.339 e. The molecule has 7 heteroatoms. The molecule has 1 unspecified atom stereocenters. The molecule has 160 valence electrons. The lowest BCUT2D eigenvalue weighted by Gasteiger charge is -2.25. The summed E-state index contributed by atoms with van der Waals surface area (Å²) in [6.07, 6.45) is 2.88. The fourth-order valence-corrected chi connectivity index (χ4v) is 3.69. The van der Waals surface area contributed by atoms with Gasteiger partial charge in [-0.2, -0.15) is 0 Å². The molecule has 6 nitrogen and oxygen atoms in total. The fourth-order valence-electron chi connectivity index (χ4n) is 3.69. The van der Waals surface area contributed by atoms with Crippen molar-refractivity contribution < 1.29 is 18.7 Å². The van der Waals surface area contributed by atoms with Gasteiger partial charge in [0.05, 0.1) is 12.2 Å². The molecule has 0 spiro atoms. The molecule has 2 heterocycles. The Morgan fingerprint density at radius 3 is 2.70 bits per heavy atom. The summed E-state index contributed by atoms with van der Waals surface area (Å²) in [5, 5.41) is 0. The predicted octanol–water partition coefficient (Wildman–Crippen LogP) is 3.31. The van der Waals surface area contributed by atoms with E-state index < -0.39 is 0 Å². The number of halogens is 1. The molecular weight excluding hydrogens is 385 g/mol. The Kier molecular flexibility index (Phi) is 7.38. The molecule has 1 amide bonds. The van der Waals surface area contributed by atoms with Gasteiger partial charge in [0.1, 0.15) is 11.6 Å². The van der Waals surface area contributed by atoms with Gasteiger partial charge in [0.25, 0.3) is 0 Å². The summed E-state index contributed by atoms with van der Waals surface area (Å²) in [6, 6.07) is 9.95. The molecule has 0 bridgehead atoms. The molecule has 1 aromatic heterocycles. The first-order valence-corrected chi connectivity index (χ1v) is 10.4. The van der Waals surface area contributed by atoms with Crippen molar-refractivity contribution in [3.8, 4) is 0 Å². The summed E-state index contributed by atoms with van der Waals surface area (Å²) < 4.78 is 18.4. The summed E-state index contributed by atoms with van der Waals surface area (Å²) in [5.41, 5.74) is 1.26. The fraction of sp³-hybridized carbons (Fsp3) is 0.435. The first-order chi connectivity index (χ1) is 14.5. The van der Waals surface area contributed by atoms with Crippen LogP contribution in [-0.4, -0.2) is 54.5 Å². The number of nitrogens with zero attached hydrogens (tertiary/aromatic N) is 3. The van der Waals surface area contributed by atoms with Gasteiger partial charge in [-0.15, -0.1) is 0 Å². The van der Waals surface area contributed by atoms with E-state index in [-0.39, 0.29) is 23.6 Å². The molecule has 1 aliphatic heterocycles. The van der Waals surface area contributed by atoms with Gasteiger partial charge in [-0.05, 0) is 49.6 Å². The first-order valence-electron chi connectivity index (χ1n) is 10.4. The zero-order valence-electron chi connectivity index (χ0n) is 17.5. The van der Waals surface area contributed by atoms with Crippen LogP contribution in [0.4, 0.5) is 10.2 Å². The van der Waals surface area contributed by atoms with Gasteiger partial charge >= 0.3 is 5.97 Å². The SMILES string of the molecule is CCOC(=O)c1ccc(N2CCCN(C(=O)C(C)Cc3cccc(F)c3)CC2)nc1. The summed E-state index contributed by atoms with van der Waals surface area (Å²) in [6.45, 7) is 6.73. The number of ether oxygens (including phenoxy) is 1. The lowest BCUT2D eigenvalue weighted by atomic mass is 9.99. The van der Waals surface area contributed by atoms with Crippen LogP contribution in [0.3, 0.4) is 0 Å². The van der Waals surface area contributed by atoms with Gasteiger partial charge in [-0.3, -0.25) is 4.79 Å². The van der Waals surface area contributed by atoms with E-state index in [1.807, 2.05) is 24.0 Å². The van der Waals surface area contributed by atoms with Crippen molar-refractivity contribution >= 4 is 17.7 Å². The Bertz CT molecular complexity index is 872. The average molecular weight is 413 g/mol. The smallest absolute Gasteiger partial charge is 0.339 e. The van der Waals surface area contributed by atoms with Gasteiger partial charge in [0.15, 0.2) is 0 Å². The Balaban J connectivity index is 1.57. The predicted molar refractivity (Wildman–Crippen MR) is 113 cm³/mol. The third-order valence-electron chi connectivity index (χ3n) is 5.24. The van der Waals surface area contributed by atoms with Crippen molar-refractivity contribution in [3.05, 3.63) is 59.5 Å². The number of carbonyl (C=O) groups is 2. The standard InChI is InChI=1S/C23H28FN3O3/c1-3-30-23(29)19-8-9-21(25-16-19)26-10-5-11-27(13-12-26)22(28)17(2)14-18-6-4-7-20(24)15-18/h4,6-9,15-17H,3,5,10-14H2,1-2H3. The molecule has 30 heavy (non-hydrogen) atoms. The minimum Gasteiger partial charge on any atom is -0.462 e. The number of anilines is 1. The van der Waals surface area contributed by atoms with E-state index >= 15 is 0 Å². The number of hydrogen-bond acceptors (Lipinski definition) is 5. The molecule has 1 atom stereocenters. The van der Waals surface area contributed by atoms with Gasteiger partial charge in [-0.25, -0.2) is 14.2 Å². The highest BCUT2D eigenvalue weighted by atomic mass is 19.1. The molecule has 3 rings (SSSR count). The van der Waals surface area contributed by atoms with Crippen molar-refractivity contribution in [1.29, 1.82) is 0 Å². The van der Waals surface area contributed by atoms with Crippen LogP contribution in [0.2, 0.25) is 0 Å². The lowest BCUT2D eigenvalue weighted by molar-refractivity contribution is -0.134. The van der Waals surface area contributed by atoms with E-state index in [9.17, 15) is 14.0 Å². The van der Waals surface area contributed by atoms with E-state index in [0.717, 1.165) is 24.3 Å². The van der Waals surface area contributed by atoms with E-state index in [1.165, 1.54) is 18.3 Å². The zero-order valence-corrected chi connectivity index (χ0v) is 17.5. The van der Waals surface area contributed by atoms with Crippen molar-refractivity contribution in [3.63, 3.8) is 0 Å². The summed E-state index contributed by atoms with van der Waals surface area (Å²) in [7, 11) is 0. The molecule has 2 aromatic rings. The Labute approximate surface area is 176 Å². The highest BCUT2D eigenvalue weighted by Gasteiger charge is 2.24. The maximum absolute atomic E-state index is 13.4. The van der Waals surface area contributed by atoms with Crippen molar-refractivity contribution in [2.24, 2.45) is 5.92 Å². The summed E-state index contributed by atoms with van der Waals surface area (Å²) in [4.78, 5) is 33.1. The topological polar surface area (TPSA) is 62.7 Å². The molecule has 1 fully saturated rings. The average Bonchev–Trinajstić information content (AvgIpc) is 3.00. The minimum atomic E-state index is -0.378. The zero-order chi connectivity index (χ0) is 21.5. The Morgan fingerprint density at radius 1 is 1.17 bits per heavy atom. The van der Waals surface area contributed by atoms with Gasteiger partial charge in [0, 0.05) is 38.3 Å². The van der Waals surface area contributed by atoms with Crippen LogP contribution in [0, 0.1) is 11.7 Å². The van der Waals surface area contributed by atoms with Crippen LogP contribution in [-0.2, 0) is 16.0 Å². The molecule has 1 aromatic carbocycles. The Morgan fingerprint density at radius 2 is 2.00 bits per heavy atom. The van der Waals surface area contributed by atoms with Gasteiger partial charge in [-0.1, -0.05) is 19.1 Å². The highest BCUT2D eigenvalue weighted by molar-refractivity contribution is 5.89. The van der Waals surface area contributed by atoms with Crippen LogP contribution >= 0.6 is 0 Å². The molecule has 0 radical (unpaired) electrons. The van der Waals surface area contributed by atoms with Crippen LogP contribution in [0.5, 0.6) is 0 Å². The van der Waals surface area contributed by atoms with Crippen LogP contribution < -0.4 is 4.90 Å². The second-order valence-corrected chi connectivity index (χ2v) is 7.53. The van der Waals surface area contributed by atoms with Gasteiger partial charge < -0.3 is 14.5 Å². The van der Waals surface area contributed by atoms with Crippen molar-refractivity contribution in [1.82, 2.24) is 9.88 Å². The van der Waals surface area contributed by atoms with E-state index in [1.54, 1.807) is 19.1 Å². The third-order valence-corrected chi connectivity index (χ3v) is 5.24. The number of aromatic nitrogens is 1. The highest BCUT2D eigenvalue weighted by Crippen LogP contribution is 2.18. The molecule has 0 N–H and O–H groups in total. The second kappa shape index (κ2) is 10.2. The number of benzene rings is 1. The number of carbonyl (C=O) groups excluding carboxylic acids is 2. The third kappa shape index (κ3) is 5.55. The van der Waals surface area contributed by atoms with E-state index in [4.69, 9.17) is 4.74 Å². The number of esters is 1. The molecule has 1 aliphatic rings. The number of rotatable bonds is 6. The largest absolute Gasteiger partial charge is 0.462 e. The molecule has 0 aliphatic carbocycles. The summed E-state index contributed by atoms with van der Waals surface area (Å²) in [5.74, 6) is 0.00716. The Hall–Kier alpha value is -2.96. The molecule has 1 saturated heterocycles. The second-order valence-electron chi connectivity index (χ2n) is 7.53. The first kappa shape index (κ1) is 21.7. The van der Waals surface area contributed by atoms with Crippen LogP contribution in [0.1, 0.15) is 36.2 Å². The number of amides is 1. The van der Waals surface area contributed by atoms with Crippen molar-refractivity contribution in [2.45, 2.75) is 26.7 Å². The van der Waals surface area contributed by atoms with E-state index in [0.29, 0.717) is 38.2 Å². The number of pyridine rings is 1. The number of hydrogen-bond donors (Lipinski definition) is 0. The monoisotopic (exact) mass is 413 g/mol. The van der Waals surface area contributed by atoms with Gasteiger partial charge in [0.2, 0.25) is 5.91 Å². The summed E-state index contributed by atoms with van der Waals surface area (Å²) >= 11 is 0. The van der Waals surface area contributed by atoms with E-state index in [2.05, 4.69) is 9.88 Å². The molecular formula is C23H28FN3O3. The maximum atomic E-state index is 13.4. The van der Waals surface area contributed by atoms with Crippen molar-refractivity contribution in [2.75, 3.05) is 37.7 Å². The minimum absolute atomic E-state index is 0.0896. The quantitative estimate of drug-likeness (QED) is 0.680. The normalized spacial score (nSPS) is 15.4. The lowest BCUT2D eigenvalue weighted by Crippen LogP contribution is -2.39.